The zero-order valence-electron chi connectivity index (χ0n) is 13.2. The molecule has 5 nitrogen and oxygen atoms in total. The first-order valence-corrected chi connectivity index (χ1v) is 7.31. The van der Waals surface area contributed by atoms with Gasteiger partial charge in [0.2, 0.25) is 6.41 Å². The average molecular weight is 293 g/mol. The minimum absolute atomic E-state index is 0.0342. The lowest BCUT2D eigenvalue weighted by Gasteiger charge is -2.24. The van der Waals surface area contributed by atoms with Gasteiger partial charge in [-0.15, -0.1) is 0 Å². The van der Waals surface area contributed by atoms with Crippen molar-refractivity contribution in [2.24, 2.45) is 5.84 Å². The van der Waals surface area contributed by atoms with Gasteiger partial charge in [0.1, 0.15) is 6.29 Å². The summed E-state index contributed by atoms with van der Waals surface area (Å²) in [5.74, 6) is 5.56. The number of hydrogen-bond donors (Lipinski definition) is 1. The van der Waals surface area contributed by atoms with Crippen LogP contribution in [0.2, 0.25) is 0 Å². The number of hydrazine groups is 1. The number of nitrogens with zero attached hydrogens (tertiary/aromatic N) is 2. The van der Waals surface area contributed by atoms with Crippen molar-refractivity contribution >= 4 is 12.7 Å². The van der Waals surface area contributed by atoms with E-state index in [1.165, 1.54) is 5.01 Å². The number of nitrogens with two attached hydrogens (primary N) is 1. The lowest BCUT2D eigenvalue weighted by Crippen LogP contribution is -2.37. The molecule has 0 saturated heterocycles. The lowest BCUT2D eigenvalue weighted by molar-refractivity contribution is -0.119. The summed E-state index contributed by atoms with van der Waals surface area (Å²) < 4.78 is 0. The van der Waals surface area contributed by atoms with Gasteiger partial charge in [0.15, 0.2) is 0 Å². The van der Waals surface area contributed by atoms with Crippen LogP contribution in [0, 0.1) is 0 Å². The highest BCUT2D eigenvalue weighted by Gasteiger charge is 2.15. The SMILES string of the molecule is CC.CN(N)CCN(C=O)CC(CC=O)c1ccccc1. The largest absolute Gasteiger partial charge is 0.343 e. The van der Waals surface area contributed by atoms with E-state index >= 15 is 0 Å². The van der Waals surface area contributed by atoms with E-state index in [-0.39, 0.29) is 5.92 Å². The van der Waals surface area contributed by atoms with E-state index in [4.69, 9.17) is 5.84 Å². The topological polar surface area (TPSA) is 66.6 Å². The van der Waals surface area contributed by atoms with E-state index in [1.807, 2.05) is 44.2 Å². The molecule has 0 saturated carbocycles. The van der Waals surface area contributed by atoms with Crippen molar-refractivity contribution < 1.29 is 9.59 Å². The first-order valence-electron chi connectivity index (χ1n) is 7.31. The Morgan fingerprint density at radius 1 is 1.14 bits per heavy atom. The molecule has 1 amide bonds. The maximum absolute atomic E-state index is 11.1. The van der Waals surface area contributed by atoms with Crippen molar-refractivity contribution in [1.82, 2.24) is 9.91 Å². The quantitative estimate of drug-likeness (QED) is 0.427. The molecule has 1 rings (SSSR count). The molecule has 0 bridgehead atoms. The van der Waals surface area contributed by atoms with Gasteiger partial charge in [-0.1, -0.05) is 44.2 Å². The zero-order chi connectivity index (χ0) is 16.1. The maximum atomic E-state index is 11.1. The van der Waals surface area contributed by atoms with Crippen molar-refractivity contribution in [3.63, 3.8) is 0 Å². The number of amides is 1. The van der Waals surface area contributed by atoms with Gasteiger partial charge in [0.25, 0.3) is 0 Å². The van der Waals surface area contributed by atoms with Gasteiger partial charge in [0, 0.05) is 39.0 Å². The number of carbonyl (C=O) groups excluding carboxylic acids is 2. The van der Waals surface area contributed by atoms with Crippen molar-refractivity contribution in [1.29, 1.82) is 0 Å². The van der Waals surface area contributed by atoms with Gasteiger partial charge in [-0.3, -0.25) is 10.6 Å². The van der Waals surface area contributed by atoms with Crippen LogP contribution in [-0.2, 0) is 9.59 Å². The molecule has 0 aliphatic carbocycles. The van der Waals surface area contributed by atoms with Crippen molar-refractivity contribution in [2.45, 2.75) is 26.2 Å². The molecule has 1 aromatic carbocycles. The number of aldehydes is 1. The third-order valence-electron chi connectivity index (χ3n) is 3.00. The number of hydrogen-bond acceptors (Lipinski definition) is 4. The first-order chi connectivity index (χ1) is 10.2. The summed E-state index contributed by atoms with van der Waals surface area (Å²) >= 11 is 0. The predicted molar refractivity (Wildman–Crippen MR) is 85.7 cm³/mol. The molecule has 1 aromatic rings. The molecule has 118 valence electrons. The molecule has 21 heavy (non-hydrogen) atoms. The Labute approximate surface area is 127 Å². The second-order valence-corrected chi connectivity index (χ2v) is 4.59. The molecule has 0 aliphatic rings. The molecule has 0 fully saturated rings. The van der Waals surface area contributed by atoms with Gasteiger partial charge >= 0.3 is 0 Å². The summed E-state index contributed by atoms with van der Waals surface area (Å²) in [5.41, 5.74) is 1.07. The van der Waals surface area contributed by atoms with E-state index in [9.17, 15) is 9.59 Å². The highest BCUT2D eigenvalue weighted by molar-refractivity contribution is 5.53. The molecule has 0 aliphatic heterocycles. The number of benzene rings is 1. The molecule has 5 heteroatoms. The molecule has 1 atom stereocenters. The van der Waals surface area contributed by atoms with Crippen LogP contribution in [0.4, 0.5) is 0 Å². The smallest absolute Gasteiger partial charge is 0.209 e. The molecule has 0 heterocycles. The molecule has 2 N–H and O–H groups in total. The summed E-state index contributed by atoms with van der Waals surface area (Å²) in [6, 6.07) is 9.76. The van der Waals surface area contributed by atoms with Crippen LogP contribution < -0.4 is 5.84 Å². The van der Waals surface area contributed by atoms with Crippen LogP contribution >= 0.6 is 0 Å². The van der Waals surface area contributed by atoms with Gasteiger partial charge in [-0.25, -0.2) is 5.01 Å². The zero-order valence-corrected chi connectivity index (χ0v) is 13.2. The van der Waals surface area contributed by atoms with Crippen LogP contribution in [0.15, 0.2) is 30.3 Å². The second kappa shape index (κ2) is 12.1. The second-order valence-electron chi connectivity index (χ2n) is 4.59. The predicted octanol–water partition coefficient (Wildman–Crippen LogP) is 1.65. The van der Waals surface area contributed by atoms with Gasteiger partial charge in [0.05, 0.1) is 0 Å². The summed E-state index contributed by atoms with van der Waals surface area (Å²) in [6.45, 7) is 5.68. The highest BCUT2D eigenvalue weighted by atomic mass is 16.1. The Hall–Kier alpha value is -1.72. The summed E-state index contributed by atoms with van der Waals surface area (Å²) in [6.07, 6.45) is 2.12. The van der Waals surface area contributed by atoms with E-state index in [0.29, 0.717) is 26.1 Å². The number of likely N-dealkylation sites (N-methyl/N-ethyl adjacent to an activating group) is 1. The fourth-order valence-corrected chi connectivity index (χ4v) is 1.91. The van der Waals surface area contributed by atoms with Crippen molar-refractivity contribution in [3.8, 4) is 0 Å². The molecule has 0 radical (unpaired) electrons. The van der Waals surface area contributed by atoms with E-state index in [2.05, 4.69) is 0 Å². The Balaban J connectivity index is 0.00000191. The van der Waals surface area contributed by atoms with Gasteiger partial charge < -0.3 is 9.69 Å². The van der Waals surface area contributed by atoms with E-state index in [0.717, 1.165) is 18.3 Å². The van der Waals surface area contributed by atoms with Gasteiger partial charge in [-0.2, -0.15) is 0 Å². The third-order valence-corrected chi connectivity index (χ3v) is 3.00. The van der Waals surface area contributed by atoms with Crippen molar-refractivity contribution in [3.05, 3.63) is 35.9 Å². The Kier molecular flexibility index (Phi) is 11.1. The fraction of sp³-hybridized carbons (Fsp3) is 0.500. The number of carbonyl (C=O) groups is 2. The molecular formula is C16H27N3O2. The Morgan fingerprint density at radius 2 is 1.76 bits per heavy atom. The van der Waals surface area contributed by atoms with E-state index < -0.39 is 0 Å². The molecule has 0 spiro atoms. The van der Waals surface area contributed by atoms with Crippen LogP contribution in [0.3, 0.4) is 0 Å². The third kappa shape index (κ3) is 8.22. The molecule has 0 aromatic heterocycles. The highest BCUT2D eigenvalue weighted by Crippen LogP contribution is 2.19. The minimum Gasteiger partial charge on any atom is -0.343 e. The molecular weight excluding hydrogens is 266 g/mol. The fourth-order valence-electron chi connectivity index (χ4n) is 1.91. The van der Waals surface area contributed by atoms with Crippen LogP contribution in [0.25, 0.3) is 0 Å². The Bertz CT molecular complexity index is 382. The standard InChI is InChI=1S/C14H21N3O2.C2H6/c1-16(15)8-9-17(12-19)11-14(7-10-18)13-5-3-2-4-6-13;1-2/h2-6,10,12,14H,7-9,11,15H2,1H3;1-2H3. The number of rotatable bonds is 9. The summed E-state index contributed by atoms with van der Waals surface area (Å²) in [4.78, 5) is 23.5. The normalized spacial score (nSPS) is 11.3. The summed E-state index contributed by atoms with van der Waals surface area (Å²) in [7, 11) is 1.75. The summed E-state index contributed by atoms with van der Waals surface area (Å²) in [5, 5.41) is 1.54. The van der Waals surface area contributed by atoms with Crippen molar-refractivity contribution in [2.75, 3.05) is 26.7 Å². The van der Waals surface area contributed by atoms with Crippen LogP contribution in [-0.4, -0.2) is 49.3 Å². The van der Waals surface area contributed by atoms with E-state index in [1.54, 1.807) is 11.9 Å². The van der Waals surface area contributed by atoms with Crippen LogP contribution in [0.5, 0.6) is 0 Å². The van der Waals surface area contributed by atoms with Crippen LogP contribution in [0.1, 0.15) is 31.7 Å². The average Bonchev–Trinajstić information content (AvgIpc) is 2.53. The first kappa shape index (κ1) is 19.3. The minimum atomic E-state index is 0.0342. The maximum Gasteiger partial charge on any atom is 0.209 e. The monoisotopic (exact) mass is 293 g/mol. The Morgan fingerprint density at radius 3 is 2.24 bits per heavy atom. The lowest BCUT2D eigenvalue weighted by atomic mass is 9.96. The molecule has 1 unspecified atom stereocenters. The van der Waals surface area contributed by atoms with Gasteiger partial charge in [-0.05, 0) is 5.56 Å².